The largest absolute Gasteiger partial charge is 0.394 e. The molecule has 0 aromatic heterocycles. The second-order valence-corrected chi connectivity index (χ2v) is 4.70. The zero-order valence-electron chi connectivity index (χ0n) is 9.69. The van der Waals surface area contributed by atoms with E-state index < -0.39 is 6.10 Å². The molecule has 90 valence electrons. The molecule has 0 spiro atoms. The van der Waals surface area contributed by atoms with Gasteiger partial charge in [-0.05, 0) is 11.8 Å². The Morgan fingerprint density at radius 2 is 1.73 bits per heavy atom. The van der Waals surface area contributed by atoms with Crippen molar-refractivity contribution >= 4 is 0 Å². The molecule has 3 heteroatoms. The minimum atomic E-state index is -0.393. The van der Waals surface area contributed by atoms with Crippen molar-refractivity contribution in [3.8, 4) is 0 Å². The highest BCUT2D eigenvalue weighted by Crippen LogP contribution is 2.29. The molecule has 1 fully saturated rings. The highest BCUT2D eigenvalue weighted by atomic mass is 16.5. The third-order valence-corrected chi connectivity index (χ3v) is 3.46. The third-order valence-electron chi connectivity index (χ3n) is 3.46. The lowest BCUT2D eigenvalue weighted by molar-refractivity contribution is -0.0402. The van der Waals surface area contributed by atoms with Crippen LogP contribution in [0.3, 0.4) is 0 Å². The van der Waals surface area contributed by atoms with Gasteiger partial charge in [0.2, 0.25) is 0 Å². The summed E-state index contributed by atoms with van der Waals surface area (Å²) in [5.41, 5.74) is 0. The summed E-state index contributed by atoms with van der Waals surface area (Å²) < 4.78 is 5.46. The van der Waals surface area contributed by atoms with E-state index in [0.717, 1.165) is 5.92 Å². The summed E-state index contributed by atoms with van der Waals surface area (Å²) in [6.45, 7) is 2.69. The van der Waals surface area contributed by atoms with E-state index in [9.17, 15) is 0 Å². The zero-order chi connectivity index (χ0) is 11.1. The first kappa shape index (κ1) is 12.9. The van der Waals surface area contributed by atoms with E-state index >= 15 is 0 Å². The number of hydrogen-bond donors (Lipinski definition) is 2. The Hall–Kier alpha value is -0.120. The van der Waals surface area contributed by atoms with Crippen LogP contribution in [0.2, 0.25) is 0 Å². The molecule has 1 saturated carbocycles. The lowest BCUT2D eigenvalue weighted by Gasteiger charge is -2.28. The van der Waals surface area contributed by atoms with E-state index in [4.69, 9.17) is 14.9 Å². The SMILES string of the molecule is CC(COC(CO)CO)C1CCCCC1. The fourth-order valence-electron chi connectivity index (χ4n) is 2.29. The monoisotopic (exact) mass is 216 g/mol. The Morgan fingerprint density at radius 1 is 1.13 bits per heavy atom. The van der Waals surface area contributed by atoms with Crippen LogP contribution < -0.4 is 0 Å². The number of hydrogen-bond acceptors (Lipinski definition) is 3. The molecular weight excluding hydrogens is 192 g/mol. The standard InChI is InChI=1S/C12H24O3/c1-10(9-15-12(7-13)8-14)11-5-3-2-4-6-11/h10-14H,2-9H2,1H3. The second kappa shape index (κ2) is 7.20. The van der Waals surface area contributed by atoms with Gasteiger partial charge >= 0.3 is 0 Å². The van der Waals surface area contributed by atoms with Gasteiger partial charge in [0, 0.05) is 6.61 Å². The summed E-state index contributed by atoms with van der Waals surface area (Å²) in [4.78, 5) is 0. The Balaban J connectivity index is 2.18. The van der Waals surface area contributed by atoms with Gasteiger partial charge < -0.3 is 14.9 Å². The number of aliphatic hydroxyl groups excluding tert-OH is 2. The Kier molecular flexibility index (Phi) is 6.22. The van der Waals surface area contributed by atoms with E-state index in [1.807, 2.05) is 0 Å². The summed E-state index contributed by atoms with van der Waals surface area (Å²) >= 11 is 0. The lowest BCUT2D eigenvalue weighted by atomic mass is 9.81. The molecule has 15 heavy (non-hydrogen) atoms. The molecule has 1 unspecified atom stereocenters. The van der Waals surface area contributed by atoms with Crippen LogP contribution in [0.15, 0.2) is 0 Å². The highest BCUT2D eigenvalue weighted by Gasteiger charge is 2.21. The molecule has 0 bridgehead atoms. The van der Waals surface area contributed by atoms with Crippen LogP contribution in [0.1, 0.15) is 39.0 Å². The van der Waals surface area contributed by atoms with Crippen LogP contribution in [0.25, 0.3) is 0 Å². The maximum absolute atomic E-state index is 8.86. The molecule has 1 rings (SSSR count). The molecule has 1 atom stereocenters. The molecule has 2 N–H and O–H groups in total. The minimum absolute atomic E-state index is 0.0894. The fraction of sp³-hybridized carbons (Fsp3) is 1.00. The molecule has 0 aliphatic heterocycles. The summed E-state index contributed by atoms with van der Waals surface area (Å²) in [7, 11) is 0. The van der Waals surface area contributed by atoms with Crippen molar-refractivity contribution in [3.05, 3.63) is 0 Å². The minimum Gasteiger partial charge on any atom is -0.394 e. The summed E-state index contributed by atoms with van der Waals surface area (Å²) in [5, 5.41) is 17.7. The van der Waals surface area contributed by atoms with Crippen molar-refractivity contribution in [2.24, 2.45) is 11.8 Å². The van der Waals surface area contributed by atoms with Crippen LogP contribution in [-0.4, -0.2) is 36.1 Å². The van der Waals surface area contributed by atoms with E-state index in [0.29, 0.717) is 12.5 Å². The van der Waals surface area contributed by atoms with Gasteiger partial charge in [-0.1, -0.05) is 39.0 Å². The average molecular weight is 216 g/mol. The van der Waals surface area contributed by atoms with Crippen molar-refractivity contribution in [2.45, 2.75) is 45.1 Å². The van der Waals surface area contributed by atoms with E-state index in [1.165, 1.54) is 32.1 Å². The lowest BCUT2D eigenvalue weighted by Crippen LogP contribution is -2.27. The molecule has 1 aliphatic carbocycles. The van der Waals surface area contributed by atoms with Gasteiger partial charge in [-0.2, -0.15) is 0 Å². The third kappa shape index (κ3) is 4.49. The van der Waals surface area contributed by atoms with Crippen molar-refractivity contribution < 1.29 is 14.9 Å². The van der Waals surface area contributed by atoms with Crippen LogP contribution >= 0.6 is 0 Å². The molecule has 0 saturated heterocycles. The number of ether oxygens (including phenoxy) is 1. The van der Waals surface area contributed by atoms with E-state index in [2.05, 4.69) is 6.92 Å². The van der Waals surface area contributed by atoms with E-state index in [-0.39, 0.29) is 13.2 Å². The van der Waals surface area contributed by atoms with Gasteiger partial charge in [-0.25, -0.2) is 0 Å². The molecule has 0 aromatic carbocycles. The van der Waals surface area contributed by atoms with Gasteiger partial charge in [0.25, 0.3) is 0 Å². The van der Waals surface area contributed by atoms with E-state index in [1.54, 1.807) is 0 Å². The molecular formula is C12H24O3. The first-order chi connectivity index (χ1) is 7.27. The quantitative estimate of drug-likeness (QED) is 0.708. The predicted molar refractivity (Wildman–Crippen MR) is 59.7 cm³/mol. The van der Waals surface area contributed by atoms with Gasteiger partial charge in [-0.3, -0.25) is 0 Å². The Morgan fingerprint density at radius 3 is 2.27 bits per heavy atom. The van der Waals surface area contributed by atoms with Gasteiger partial charge in [0.15, 0.2) is 0 Å². The normalized spacial score (nSPS) is 20.8. The van der Waals surface area contributed by atoms with Crippen LogP contribution in [0, 0.1) is 11.8 Å². The smallest absolute Gasteiger partial charge is 0.104 e. The average Bonchev–Trinajstić information content (AvgIpc) is 2.31. The van der Waals surface area contributed by atoms with Gasteiger partial charge in [0.05, 0.1) is 13.2 Å². The zero-order valence-corrected chi connectivity index (χ0v) is 9.69. The molecule has 3 nitrogen and oxygen atoms in total. The second-order valence-electron chi connectivity index (χ2n) is 4.70. The molecule has 0 amide bonds. The molecule has 1 aliphatic rings. The van der Waals surface area contributed by atoms with Crippen molar-refractivity contribution in [2.75, 3.05) is 19.8 Å². The first-order valence-corrected chi connectivity index (χ1v) is 6.11. The van der Waals surface area contributed by atoms with Crippen molar-refractivity contribution in [1.82, 2.24) is 0 Å². The first-order valence-electron chi connectivity index (χ1n) is 6.11. The Labute approximate surface area is 92.4 Å². The molecule has 0 aromatic rings. The predicted octanol–water partition coefficient (Wildman–Crippen LogP) is 1.57. The van der Waals surface area contributed by atoms with Crippen molar-refractivity contribution in [3.63, 3.8) is 0 Å². The maximum atomic E-state index is 8.86. The number of aliphatic hydroxyl groups is 2. The fourth-order valence-corrected chi connectivity index (χ4v) is 2.29. The summed E-state index contributed by atoms with van der Waals surface area (Å²) in [6, 6.07) is 0. The van der Waals surface area contributed by atoms with Gasteiger partial charge in [0.1, 0.15) is 6.10 Å². The maximum Gasteiger partial charge on any atom is 0.104 e. The summed E-state index contributed by atoms with van der Waals surface area (Å²) in [6.07, 6.45) is 6.30. The highest BCUT2D eigenvalue weighted by molar-refractivity contribution is 4.71. The van der Waals surface area contributed by atoms with Crippen LogP contribution in [0.4, 0.5) is 0 Å². The molecule has 0 heterocycles. The topological polar surface area (TPSA) is 49.7 Å². The van der Waals surface area contributed by atoms with Gasteiger partial charge in [-0.15, -0.1) is 0 Å². The van der Waals surface area contributed by atoms with Crippen LogP contribution in [-0.2, 0) is 4.74 Å². The number of rotatable bonds is 6. The Bertz CT molecular complexity index is 151. The van der Waals surface area contributed by atoms with Crippen LogP contribution in [0.5, 0.6) is 0 Å². The molecule has 0 radical (unpaired) electrons. The summed E-state index contributed by atoms with van der Waals surface area (Å²) in [5.74, 6) is 1.32. The van der Waals surface area contributed by atoms with Crippen molar-refractivity contribution in [1.29, 1.82) is 0 Å².